The van der Waals surface area contributed by atoms with Gasteiger partial charge in [0.1, 0.15) is 5.82 Å². The van der Waals surface area contributed by atoms with Crippen molar-refractivity contribution in [1.29, 1.82) is 0 Å². The van der Waals surface area contributed by atoms with Gasteiger partial charge in [-0.2, -0.15) is 0 Å². The second-order valence-electron chi connectivity index (χ2n) is 4.56. The summed E-state index contributed by atoms with van der Waals surface area (Å²) in [6.07, 6.45) is 4.29. The minimum absolute atomic E-state index is 0.313. The Morgan fingerprint density at radius 1 is 1.44 bits per heavy atom. The van der Waals surface area contributed by atoms with Crippen molar-refractivity contribution in [2.75, 3.05) is 13.1 Å². The van der Waals surface area contributed by atoms with Crippen LogP contribution in [0.5, 0.6) is 0 Å². The average Bonchev–Trinajstić information content (AvgIpc) is 2.82. The normalized spacial score (nSPS) is 17.2. The van der Waals surface area contributed by atoms with Gasteiger partial charge in [0.15, 0.2) is 0 Å². The lowest BCUT2D eigenvalue weighted by Gasteiger charge is -2.28. The maximum Gasteiger partial charge on any atom is 0.407 e. The predicted octanol–water partition coefficient (Wildman–Crippen LogP) is 1.82. The van der Waals surface area contributed by atoms with Crippen molar-refractivity contribution in [2.24, 2.45) is 0 Å². The van der Waals surface area contributed by atoms with Crippen molar-refractivity contribution in [2.45, 2.75) is 18.8 Å². The van der Waals surface area contributed by atoms with Gasteiger partial charge >= 0.3 is 6.09 Å². The zero-order chi connectivity index (χ0) is 12.5. The molecule has 0 bridgehead atoms. The zero-order valence-corrected chi connectivity index (χ0v) is 9.83. The minimum atomic E-state index is -0.831. The molecular formula is C12H14N4O2. The highest BCUT2D eigenvalue weighted by atomic mass is 16.4. The molecule has 1 fully saturated rings. The topological polar surface area (TPSA) is 82.1 Å². The molecule has 0 aromatic carbocycles. The maximum atomic E-state index is 10.8. The fourth-order valence-electron chi connectivity index (χ4n) is 2.41. The summed E-state index contributed by atoms with van der Waals surface area (Å²) < 4.78 is 0. The molecule has 3 rings (SSSR count). The fourth-order valence-corrected chi connectivity index (χ4v) is 2.41. The van der Waals surface area contributed by atoms with Crippen molar-refractivity contribution in [3.63, 3.8) is 0 Å². The van der Waals surface area contributed by atoms with Crippen LogP contribution in [0.3, 0.4) is 0 Å². The molecule has 18 heavy (non-hydrogen) atoms. The van der Waals surface area contributed by atoms with Gasteiger partial charge in [-0.15, -0.1) is 0 Å². The third-order valence-corrected chi connectivity index (χ3v) is 3.45. The number of imidazole rings is 1. The average molecular weight is 246 g/mol. The molecule has 2 aromatic heterocycles. The van der Waals surface area contributed by atoms with E-state index in [0.717, 1.165) is 29.7 Å². The summed E-state index contributed by atoms with van der Waals surface area (Å²) >= 11 is 0. The quantitative estimate of drug-likeness (QED) is 0.804. The Labute approximate surface area is 104 Å². The van der Waals surface area contributed by atoms with Crippen LogP contribution >= 0.6 is 0 Å². The van der Waals surface area contributed by atoms with E-state index in [1.807, 2.05) is 6.07 Å². The Kier molecular flexibility index (Phi) is 2.62. The van der Waals surface area contributed by atoms with Gasteiger partial charge in [-0.05, 0) is 18.9 Å². The van der Waals surface area contributed by atoms with Gasteiger partial charge in [-0.1, -0.05) is 0 Å². The lowest BCUT2D eigenvalue weighted by atomic mass is 9.96. The molecule has 0 saturated carbocycles. The first-order chi connectivity index (χ1) is 8.74. The van der Waals surface area contributed by atoms with Gasteiger partial charge in [-0.3, -0.25) is 4.98 Å². The number of likely N-dealkylation sites (tertiary alicyclic amines) is 1. The third-order valence-electron chi connectivity index (χ3n) is 3.45. The fraction of sp³-hybridized carbons (Fsp3) is 0.417. The Bertz CT molecular complexity index is 539. The molecule has 0 radical (unpaired) electrons. The number of nitrogens with one attached hydrogen (secondary N) is 1. The van der Waals surface area contributed by atoms with Crippen LogP contribution < -0.4 is 0 Å². The zero-order valence-electron chi connectivity index (χ0n) is 9.83. The van der Waals surface area contributed by atoms with Crippen LogP contribution in [0.25, 0.3) is 11.0 Å². The van der Waals surface area contributed by atoms with Crippen LogP contribution in [-0.2, 0) is 0 Å². The lowest BCUT2D eigenvalue weighted by Crippen LogP contribution is -2.37. The van der Waals surface area contributed by atoms with Gasteiger partial charge < -0.3 is 15.0 Å². The molecule has 0 atom stereocenters. The van der Waals surface area contributed by atoms with Gasteiger partial charge in [0.05, 0.1) is 17.2 Å². The summed E-state index contributed by atoms with van der Waals surface area (Å²) in [5.41, 5.74) is 1.86. The summed E-state index contributed by atoms with van der Waals surface area (Å²) in [6.45, 7) is 1.16. The van der Waals surface area contributed by atoms with Crippen molar-refractivity contribution < 1.29 is 9.90 Å². The second-order valence-corrected chi connectivity index (χ2v) is 4.56. The van der Waals surface area contributed by atoms with E-state index in [-0.39, 0.29) is 0 Å². The molecule has 0 unspecified atom stereocenters. The van der Waals surface area contributed by atoms with Gasteiger partial charge in [0.25, 0.3) is 0 Å². The molecule has 6 nitrogen and oxygen atoms in total. The molecule has 0 spiro atoms. The largest absolute Gasteiger partial charge is 0.465 e. The highest BCUT2D eigenvalue weighted by Crippen LogP contribution is 2.27. The summed E-state index contributed by atoms with van der Waals surface area (Å²) in [6, 6.07) is 1.88. The van der Waals surface area contributed by atoms with Crippen LogP contribution in [0, 0.1) is 0 Å². The Morgan fingerprint density at radius 3 is 2.89 bits per heavy atom. The molecule has 1 aliphatic heterocycles. The first kappa shape index (κ1) is 11.0. The maximum absolute atomic E-state index is 10.8. The Hall–Kier alpha value is -2.11. The first-order valence-corrected chi connectivity index (χ1v) is 6.01. The number of nitrogens with zero attached hydrogens (tertiary/aromatic N) is 3. The van der Waals surface area contributed by atoms with E-state index in [1.54, 1.807) is 12.4 Å². The van der Waals surface area contributed by atoms with Crippen LogP contribution in [0.1, 0.15) is 24.6 Å². The van der Waals surface area contributed by atoms with Crippen LogP contribution in [0.2, 0.25) is 0 Å². The first-order valence-electron chi connectivity index (χ1n) is 6.01. The number of aromatic amines is 1. The molecule has 0 aliphatic carbocycles. The summed E-state index contributed by atoms with van der Waals surface area (Å²) in [5.74, 6) is 1.26. The molecule has 2 N–H and O–H groups in total. The molecule has 3 heterocycles. The predicted molar refractivity (Wildman–Crippen MR) is 65.5 cm³/mol. The number of H-pyrrole nitrogens is 1. The van der Waals surface area contributed by atoms with Crippen LogP contribution in [-0.4, -0.2) is 44.1 Å². The molecule has 94 valence electrons. The molecule has 1 amide bonds. The van der Waals surface area contributed by atoms with Gasteiger partial charge in [-0.25, -0.2) is 9.78 Å². The smallest absolute Gasteiger partial charge is 0.407 e. The number of hydrogen-bond donors (Lipinski definition) is 2. The van der Waals surface area contributed by atoms with E-state index in [4.69, 9.17) is 5.11 Å². The summed E-state index contributed by atoms with van der Waals surface area (Å²) in [7, 11) is 0. The molecule has 2 aromatic rings. The number of aromatic nitrogens is 3. The molecule has 1 saturated heterocycles. The van der Waals surface area contributed by atoms with E-state index >= 15 is 0 Å². The SMILES string of the molecule is O=C(O)N1CCC(c2nc3ccncc3[nH]2)CC1. The standard InChI is InChI=1S/C12H14N4O2/c17-12(18)16-5-2-8(3-6-16)11-14-9-1-4-13-7-10(9)15-11/h1,4,7-8H,2-3,5-6H2,(H,14,15)(H,17,18). The van der Waals surface area contributed by atoms with E-state index in [2.05, 4.69) is 15.0 Å². The van der Waals surface area contributed by atoms with Crippen molar-refractivity contribution >= 4 is 17.1 Å². The van der Waals surface area contributed by atoms with Crippen molar-refractivity contribution in [3.05, 3.63) is 24.3 Å². The number of carboxylic acid groups (broad SMARTS) is 1. The van der Waals surface area contributed by atoms with Gasteiger partial charge in [0, 0.05) is 25.2 Å². The second kappa shape index (κ2) is 4.29. The number of hydrogen-bond acceptors (Lipinski definition) is 3. The van der Waals surface area contributed by atoms with E-state index in [1.165, 1.54) is 4.90 Å². The van der Waals surface area contributed by atoms with Crippen molar-refractivity contribution in [1.82, 2.24) is 19.9 Å². The lowest BCUT2D eigenvalue weighted by molar-refractivity contribution is 0.131. The summed E-state index contributed by atoms with van der Waals surface area (Å²) in [4.78, 5) is 24.2. The molecule has 6 heteroatoms. The molecule has 1 aliphatic rings. The number of pyridine rings is 1. The highest BCUT2D eigenvalue weighted by molar-refractivity contribution is 5.73. The Morgan fingerprint density at radius 2 is 2.22 bits per heavy atom. The number of carbonyl (C=O) groups is 1. The monoisotopic (exact) mass is 246 g/mol. The van der Waals surface area contributed by atoms with E-state index in [0.29, 0.717) is 19.0 Å². The highest BCUT2D eigenvalue weighted by Gasteiger charge is 2.25. The number of piperidine rings is 1. The van der Waals surface area contributed by atoms with E-state index in [9.17, 15) is 4.79 Å². The summed E-state index contributed by atoms with van der Waals surface area (Å²) in [5, 5.41) is 8.90. The number of amides is 1. The van der Waals surface area contributed by atoms with Gasteiger partial charge in [0.2, 0.25) is 0 Å². The van der Waals surface area contributed by atoms with Crippen molar-refractivity contribution in [3.8, 4) is 0 Å². The third kappa shape index (κ3) is 1.90. The minimum Gasteiger partial charge on any atom is -0.465 e. The number of fused-ring (bicyclic) bond motifs is 1. The van der Waals surface area contributed by atoms with Crippen LogP contribution in [0.4, 0.5) is 4.79 Å². The Balaban J connectivity index is 1.78. The number of rotatable bonds is 1. The van der Waals surface area contributed by atoms with Crippen LogP contribution in [0.15, 0.2) is 18.5 Å². The molecular weight excluding hydrogens is 232 g/mol. The van der Waals surface area contributed by atoms with E-state index < -0.39 is 6.09 Å².